The number of benzene rings is 4. The fourth-order valence-corrected chi connectivity index (χ4v) is 13.3. The Hall–Kier alpha value is -8.88. The smallest absolute Gasteiger partial charge is 0.222 e. The Balaban J connectivity index is 0.000000148. The van der Waals surface area contributed by atoms with E-state index in [9.17, 15) is 0 Å². The van der Waals surface area contributed by atoms with Crippen molar-refractivity contribution in [1.29, 1.82) is 0 Å². The minimum Gasteiger partial charge on any atom is -0.261 e. The number of aromatic nitrogens is 8. The van der Waals surface area contributed by atoms with Crippen molar-refractivity contribution in [1.82, 2.24) is 19.9 Å². The van der Waals surface area contributed by atoms with Crippen LogP contribution in [-0.4, -0.2) is 19.9 Å². The van der Waals surface area contributed by atoms with Crippen molar-refractivity contribution >= 4 is 43.1 Å². The van der Waals surface area contributed by atoms with Crippen LogP contribution in [0.25, 0.3) is 88.1 Å². The van der Waals surface area contributed by atoms with Crippen molar-refractivity contribution in [3.05, 3.63) is 236 Å². The molecule has 0 radical (unpaired) electrons. The molecule has 0 spiro atoms. The molecule has 0 aliphatic rings. The van der Waals surface area contributed by atoms with E-state index in [1.165, 1.54) is 166 Å². The monoisotopic (exact) mass is 1250 g/mol. The van der Waals surface area contributed by atoms with Gasteiger partial charge in [-0.3, -0.25) is 19.9 Å². The lowest BCUT2D eigenvalue weighted by atomic mass is 9.94. The summed E-state index contributed by atoms with van der Waals surface area (Å²) in [5.41, 5.74) is 30.9. The minimum absolute atomic E-state index is 0.429. The molecular weight excluding hydrogens is 1150 g/mol. The Labute approximate surface area is 562 Å². The number of hydrogen-bond acceptors (Lipinski definition) is 4. The van der Waals surface area contributed by atoms with Gasteiger partial charge in [-0.2, -0.15) is 0 Å². The van der Waals surface area contributed by atoms with Gasteiger partial charge in [0, 0.05) is 82.6 Å². The number of nitrogens with zero attached hydrogens (tertiary/aromatic N) is 8. The zero-order valence-electron chi connectivity index (χ0n) is 61.2. The first-order chi connectivity index (χ1) is 44.5. The van der Waals surface area contributed by atoms with E-state index in [1.807, 2.05) is 18.6 Å². The second-order valence-corrected chi connectivity index (χ2v) is 28.5. The molecule has 94 heavy (non-hydrogen) atoms. The van der Waals surface area contributed by atoms with Gasteiger partial charge in [-0.05, 0) is 223 Å². The summed E-state index contributed by atoms with van der Waals surface area (Å²) < 4.78 is 8.89. The molecule has 0 aliphatic heterocycles. The van der Waals surface area contributed by atoms with Gasteiger partial charge in [0.05, 0.1) is 43.8 Å². The van der Waals surface area contributed by atoms with Crippen LogP contribution in [0.3, 0.4) is 0 Å². The predicted octanol–water partition coefficient (Wildman–Crippen LogP) is 19.3. The second kappa shape index (κ2) is 29.2. The van der Waals surface area contributed by atoms with E-state index in [-0.39, 0.29) is 0 Å². The number of pyridine rings is 8. The molecule has 4 aromatic carbocycles. The van der Waals surface area contributed by atoms with Gasteiger partial charge in [-0.25, -0.2) is 18.3 Å². The van der Waals surface area contributed by atoms with Gasteiger partial charge in [-0.1, -0.05) is 102 Å². The van der Waals surface area contributed by atoms with Gasteiger partial charge in [0.25, 0.3) is 0 Å². The zero-order chi connectivity index (χ0) is 68.3. The summed E-state index contributed by atoms with van der Waals surface area (Å²) in [6.07, 6.45) is 18.7. The Bertz CT molecular complexity index is 4810. The van der Waals surface area contributed by atoms with E-state index in [0.717, 1.165) is 24.2 Å². The molecule has 0 amide bonds. The third kappa shape index (κ3) is 15.3. The molecule has 0 bridgehead atoms. The molecule has 484 valence electrons. The average Bonchev–Trinajstić information content (AvgIpc) is 0.793. The van der Waals surface area contributed by atoms with Crippen molar-refractivity contribution in [2.45, 2.75) is 163 Å². The molecule has 0 N–H and O–H groups in total. The van der Waals surface area contributed by atoms with Crippen molar-refractivity contribution in [2.75, 3.05) is 0 Å². The van der Waals surface area contributed by atoms with Crippen molar-refractivity contribution < 1.29 is 18.3 Å². The molecule has 8 nitrogen and oxygen atoms in total. The lowest BCUT2D eigenvalue weighted by Crippen LogP contribution is -2.31. The molecule has 8 aromatic heterocycles. The van der Waals surface area contributed by atoms with Gasteiger partial charge in [-0.15, -0.1) is 0 Å². The van der Waals surface area contributed by atoms with E-state index in [2.05, 4.69) is 323 Å². The molecule has 8 heterocycles. The van der Waals surface area contributed by atoms with Crippen LogP contribution in [0.15, 0.2) is 147 Å². The van der Waals surface area contributed by atoms with Crippen LogP contribution in [0, 0.1) is 94.9 Å². The Kier molecular flexibility index (Phi) is 21.6. The van der Waals surface area contributed by atoms with E-state index in [4.69, 9.17) is 9.97 Å². The van der Waals surface area contributed by atoms with Crippen LogP contribution in [0.5, 0.6) is 0 Å². The third-order valence-corrected chi connectivity index (χ3v) is 18.9. The fourth-order valence-electron chi connectivity index (χ4n) is 13.3. The van der Waals surface area contributed by atoms with Crippen LogP contribution in [0.1, 0.15) is 157 Å². The fraction of sp³-hybridized carbons (Fsp3) is 0.349. The van der Waals surface area contributed by atoms with E-state index in [1.54, 1.807) is 0 Å². The highest BCUT2D eigenvalue weighted by molar-refractivity contribution is 5.96. The molecule has 0 saturated heterocycles. The van der Waals surface area contributed by atoms with E-state index >= 15 is 0 Å². The number of rotatable bonds is 10. The number of fused-ring (bicyclic) bond motifs is 4. The summed E-state index contributed by atoms with van der Waals surface area (Å²) in [5, 5.41) is 9.94. The van der Waals surface area contributed by atoms with Gasteiger partial charge < -0.3 is 0 Å². The maximum absolute atomic E-state index is 4.74. The van der Waals surface area contributed by atoms with Crippen LogP contribution >= 0.6 is 0 Å². The highest BCUT2D eigenvalue weighted by atomic mass is 14.9. The predicted molar refractivity (Wildman–Crippen MR) is 396 cm³/mol. The number of aryl methyl sites for hydroxylation is 12. The highest BCUT2D eigenvalue weighted by Crippen LogP contribution is 2.36. The third-order valence-electron chi connectivity index (χ3n) is 18.9. The summed E-state index contributed by atoms with van der Waals surface area (Å²) in [6.45, 7) is 44.0. The molecule has 0 fully saturated rings. The lowest BCUT2D eigenvalue weighted by molar-refractivity contribution is -0.659. The molecule has 0 saturated carbocycles. The van der Waals surface area contributed by atoms with E-state index < -0.39 is 0 Å². The highest BCUT2D eigenvalue weighted by Gasteiger charge is 2.24. The largest absolute Gasteiger partial charge is 0.261 e. The van der Waals surface area contributed by atoms with Crippen molar-refractivity contribution in [2.24, 2.45) is 40.0 Å². The second-order valence-electron chi connectivity index (χ2n) is 28.5. The quantitative estimate of drug-likeness (QED) is 0.128. The SMILES string of the molecule is Cc1cc(C)c(C)c(-c2c3cc(C(C)C)ncc3cc[n+]2C)c1.Cc1cc(C)c(C)c(-c2c3cc(CC(C)C)ncc3cc[n+]2C)c1.Cc1cc(C)c(C)c(-c2c3cnc(C(C)C)cc3cc[n+]2C)c1.Cc1cc(C)c(C)c(-c2c3cnc(CC(C)C)cc3cc[n+]2C)c1. The first kappa shape index (κ1) is 69.5. The maximum Gasteiger partial charge on any atom is 0.222 e. The minimum atomic E-state index is 0.429. The van der Waals surface area contributed by atoms with Crippen molar-refractivity contribution in [3.63, 3.8) is 0 Å². The number of hydrogen-bond donors (Lipinski definition) is 0. The van der Waals surface area contributed by atoms with Gasteiger partial charge in [0.1, 0.15) is 28.2 Å². The summed E-state index contributed by atoms with van der Waals surface area (Å²) >= 11 is 0. The standard InChI is InChI=1S/2C22H27N2.2C21H25N2/c1-14(2)9-19-12-21-18(13-23-19)7-8-24(6)22(21)20-11-15(3)10-16(4)17(20)5;1-14(2)9-19-12-18-7-8-24(6)22(21(18)13-23-19)20-11-15(3)10-16(4)17(20)5;1-13(2)20-11-19-17(12-22-20)7-8-23(6)21(19)18-10-14(3)9-15(4)16(18)5;1-13(2)20-11-17-7-8-23(6)21(19(17)12-22-20)18-10-14(3)9-15(4)16(18)5/h2*7-8,10-14H,9H2,1-6H3;2*7-13H,1-6H3/q4*+1. The Morgan fingerprint density at radius 3 is 0.957 bits per heavy atom. The van der Waals surface area contributed by atoms with Crippen LogP contribution < -0.4 is 18.3 Å². The Morgan fingerprint density at radius 1 is 0.298 bits per heavy atom. The first-order valence-corrected chi connectivity index (χ1v) is 33.9. The summed E-state index contributed by atoms with van der Waals surface area (Å²) in [5.74, 6) is 2.10. The van der Waals surface area contributed by atoms with Crippen LogP contribution in [0.4, 0.5) is 0 Å². The summed E-state index contributed by atoms with van der Waals surface area (Å²) in [4.78, 5) is 18.7. The zero-order valence-corrected chi connectivity index (χ0v) is 61.2. The topological polar surface area (TPSA) is 67.1 Å². The average molecular weight is 1250 g/mol. The molecule has 0 unspecified atom stereocenters. The molecule has 12 rings (SSSR count). The summed E-state index contributed by atoms with van der Waals surface area (Å²) in [6, 6.07) is 35.9. The normalized spacial score (nSPS) is 11.4. The van der Waals surface area contributed by atoms with Crippen LogP contribution in [-0.2, 0) is 41.0 Å². The molecule has 8 heteroatoms. The Morgan fingerprint density at radius 2 is 0.585 bits per heavy atom. The van der Waals surface area contributed by atoms with Crippen molar-refractivity contribution in [3.8, 4) is 45.0 Å². The molecule has 0 aliphatic carbocycles. The van der Waals surface area contributed by atoms with E-state index in [0.29, 0.717) is 23.7 Å². The molecular formula is C86H104N8+4. The maximum atomic E-state index is 4.74. The van der Waals surface area contributed by atoms with Gasteiger partial charge in [0.15, 0.2) is 24.8 Å². The lowest BCUT2D eigenvalue weighted by Gasteiger charge is -2.12. The first-order valence-electron chi connectivity index (χ1n) is 33.9. The van der Waals surface area contributed by atoms with Gasteiger partial charge >= 0.3 is 0 Å². The van der Waals surface area contributed by atoms with Gasteiger partial charge in [0.2, 0.25) is 22.8 Å². The summed E-state index contributed by atoms with van der Waals surface area (Å²) in [7, 11) is 8.49. The van der Waals surface area contributed by atoms with Crippen LogP contribution in [0.2, 0.25) is 0 Å². The molecule has 12 aromatic rings. The molecule has 0 atom stereocenters.